The van der Waals surface area contributed by atoms with Crippen LogP contribution < -0.4 is 11.1 Å². The first-order valence-corrected chi connectivity index (χ1v) is 4.44. The molecule has 0 unspecified atom stereocenters. The van der Waals surface area contributed by atoms with E-state index in [-0.39, 0.29) is 22.1 Å². The lowest BCUT2D eigenvalue weighted by Gasteiger charge is -2.08. The van der Waals surface area contributed by atoms with Crippen molar-refractivity contribution in [3.63, 3.8) is 0 Å². The van der Waals surface area contributed by atoms with Crippen molar-refractivity contribution < 1.29 is 14.6 Å². The van der Waals surface area contributed by atoms with E-state index in [4.69, 9.17) is 5.73 Å². The molecule has 0 amide bonds. The highest BCUT2D eigenvalue weighted by Gasteiger charge is 2.14. The number of anilines is 1. The minimum absolute atomic E-state index is 0.00677. The number of methoxy groups -OCH3 is 1. The summed E-state index contributed by atoms with van der Waals surface area (Å²) in [5.74, 6) is -0.865. The fourth-order valence-corrected chi connectivity index (χ4v) is 1.16. The van der Waals surface area contributed by atoms with E-state index in [0.29, 0.717) is 0 Å². The number of carbonyl (C=O) groups is 1. The molecule has 0 atom stereocenters. The van der Waals surface area contributed by atoms with Gasteiger partial charge in [0.05, 0.1) is 12.8 Å². The molecule has 4 N–H and O–H groups in total. The lowest BCUT2D eigenvalue weighted by atomic mass is 10.1. The Morgan fingerprint density at radius 3 is 2.80 bits per heavy atom. The summed E-state index contributed by atoms with van der Waals surface area (Å²) in [6, 6.07) is 4.55. The maximum absolute atomic E-state index is 11.2. The van der Waals surface area contributed by atoms with Crippen LogP contribution in [0.15, 0.2) is 18.2 Å². The third-order valence-corrected chi connectivity index (χ3v) is 1.80. The second-order valence-corrected chi connectivity index (χ2v) is 3.12. The first-order valence-electron chi connectivity index (χ1n) is 4.03. The van der Waals surface area contributed by atoms with E-state index in [1.807, 2.05) is 0 Å². The summed E-state index contributed by atoms with van der Waals surface area (Å²) in [6.07, 6.45) is 0. The number of hydrogen-bond acceptors (Lipinski definition) is 4. The first-order chi connectivity index (χ1) is 7.06. The van der Waals surface area contributed by atoms with Gasteiger partial charge in [-0.1, -0.05) is 6.07 Å². The van der Waals surface area contributed by atoms with Crippen LogP contribution in [0, 0.1) is 0 Å². The fourth-order valence-electron chi connectivity index (χ4n) is 1.05. The molecule has 5 nitrogen and oxygen atoms in total. The molecule has 0 aromatic heterocycles. The van der Waals surface area contributed by atoms with Gasteiger partial charge in [-0.05, 0) is 24.4 Å². The Balaban J connectivity index is 3.11. The van der Waals surface area contributed by atoms with E-state index >= 15 is 0 Å². The third kappa shape index (κ3) is 2.57. The average Bonchev–Trinajstić information content (AvgIpc) is 2.19. The molecule has 0 aliphatic carbocycles. The summed E-state index contributed by atoms with van der Waals surface area (Å²) in [5.41, 5.74) is 5.57. The van der Waals surface area contributed by atoms with E-state index in [1.54, 1.807) is 12.1 Å². The van der Waals surface area contributed by atoms with E-state index < -0.39 is 5.97 Å². The standard InChI is InChI=1S/C9H10N2O3S/c1-14-8(13)5-3-2-4-6(7(5)12)11-9(10)15/h2-4,12H,1H3,(H3,10,11,15). The maximum atomic E-state index is 11.2. The molecule has 0 saturated heterocycles. The fraction of sp³-hybridized carbons (Fsp3) is 0.111. The Bertz CT molecular complexity index is 406. The van der Waals surface area contributed by atoms with Gasteiger partial charge < -0.3 is 20.9 Å². The number of nitrogens with two attached hydrogens (primary N) is 1. The van der Waals surface area contributed by atoms with Crippen molar-refractivity contribution in [2.75, 3.05) is 12.4 Å². The highest BCUT2D eigenvalue weighted by atomic mass is 32.1. The molecular weight excluding hydrogens is 216 g/mol. The van der Waals surface area contributed by atoms with Crippen molar-refractivity contribution in [2.45, 2.75) is 0 Å². The number of benzene rings is 1. The number of hydrogen-bond donors (Lipinski definition) is 3. The molecule has 80 valence electrons. The van der Waals surface area contributed by atoms with Crippen molar-refractivity contribution in [1.82, 2.24) is 0 Å². The normalized spacial score (nSPS) is 9.40. The summed E-state index contributed by atoms with van der Waals surface area (Å²) >= 11 is 4.61. The van der Waals surface area contributed by atoms with Gasteiger partial charge in [-0.15, -0.1) is 0 Å². The van der Waals surface area contributed by atoms with Gasteiger partial charge in [-0.3, -0.25) is 0 Å². The molecule has 15 heavy (non-hydrogen) atoms. The highest BCUT2D eigenvalue weighted by molar-refractivity contribution is 7.80. The smallest absolute Gasteiger partial charge is 0.341 e. The van der Waals surface area contributed by atoms with Gasteiger partial charge in [0.2, 0.25) is 0 Å². The summed E-state index contributed by atoms with van der Waals surface area (Å²) < 4.78 is 4.49. The number of ether oxygens (including phenoxy) is 1. The summed E-state index contributed by atoms with van der Waals surface area (Å²) in [4.78, 5) is 11.2. The molecule has 0 bridgehead atoms. The number of para-hydroxylation sites is 1. The zero-order chi connectivity index (χ0) is 11.4. The Morgan fingerprint density at radius 2 is 2.27 bits per heavy atom. The van der Waals surface area contributed by atoms with Crippen molar-refractivity contribution in [2.24, 2.45) is 5.73 Å². The van der Waals surface area contributed by atoms with E-state index in [0.717, 1.165) is 0 Å². The average molecular weight is 226 g/mol. The molecule has 0 saturated carbocycles. The van der Waals surface area contributed by atoms with Gasteiger partial charge in [0.25, 0.3) is 0 Å². The topological polar surface area (TPSA) is 84.6 Å². The molecular formula is C9H10N2O3S. The predicted molar refractivity (Wildman–Crippen MR) is 59.9 cm³/mol. The SMILES string of the molecule is COC(=O)c1cccc(NC(N)=S)c1O. The number of nitrogens with one attached hydrogen (secondary N) is 1. The number of thiocarbonyl (C=S) groups is 1. The zero-order valence-electron chi connectivity index (χ0n) is 7.98. The first kappa shape index (κ1) is 11.3. The summed E-state index contributed by atoms with van der Waals surface area (Å²) in [5, 5.41) is 12.2. The zero-order valence-corrected chi connectivity index (χ0v) is 8.80. The van der Waals surface area contributed by atoms with Gasteiger partial charge in [0.1, 0.15) is 5.56 Å². The number of aromatic hydroxyl groups is 1. The van der Waals surface area contributed by atoms with E-state index in [2.05, 4.69) is 22.3 Å². The van der Waals surface area contributed by atoms with Gasteiger partial charge in [0.15, 0.2) is 10.9 Å². The minimum atomic E-state index is -0.626. The van der Waals surface area contributed by atoms with Gasteiger partial charge >= 0.3 is 5.97 Å². The largest absolute Gasteiger partial charge is 0.505 e. The quantitative estimate of drug-likeness (QED) is 0.393. The van der Waals surface area contributed by atoms with Gasteiger partial charge in [-0.2, -0.15) is 0 Å². The number of rotatable bonds is 2. The molecule has 0 heterocycles. The van der Waals surface area contributed by atoms with Crippen molar-refractivity contribution in [3.05, 3.63) is 23.8 Å². The third-order valence-electron chi connectivity index (χ3n) is 1.70. The van der Waals surface area contributed by atoms with Crippen molar-refractivity contribution in [1.29, 1.82) is 0 Å². The van der Waals surface area contributed by atoms with Crippen LogP contribution in [0.1, 0.15) is 10.4 Å². The Kier molecular flexibility index (Phi) is 3.46. The molecule has 0 radical (unpaired) electrons. The molecule has 1 aromatic carbocycles. The lowest BCUT2D eigenvalue weighted by Crippen LogP contribution is -2.19. The van der Waals surface area contributed by atoms with Gasteiger partial charge in [-0.25, -0.2) is 4.79 Å². The summed E-state index contributed by atoms with van der Waals surface area (Å²) in [6.45, 7) is 0. The van der Waals surface area contributed by atoms with Crippen LogP contribution in [0.2, 0.25) is 0 Å². The minimum Gasteiger partial charge on any atom is -0.505 e. The maximum Gasteiger partial charge on any atom is 0.341 e. The Labute approximate surface area is 91.8 Å². The Hall–Kier alpha value is -1.82. The number of esters is 1. The Morgan fingerprint density at radius 1 is 1.60 bits per heavy atom. The number of phenolic OH excluding ortho intramolecular Hbond substituents is 1. The van der Waals surface area contributed by atoms with Crippen LogP contribution in [-0.4, -0.2) is 23.3 Å². The molecule has 0 fully saturated rings. The molecule has 0 aliphatic heterocycles. The summed E-state index contributed by atoms with van der Waals surface area (Å²) in [7, 11) is 1.23. The van der Waals surface area contributed by atoms with E-state index in [1.165, 1.54) is 13.2 Å². The van der Waals surface area contributed by atoms with Gasteiger partial charge in [0, 0.05) is 0 Å². The highest BCUT2D eigenvalue weighted by Crippen LogP contribution is 2.27. The van der Waals surface area contributed by atoms with Crippen molar-refractivity contribution >= 4 is 29.0 Å². The number of carbonyl (C=O) groups excluding carboxylic acids is 1. The lowest BCUT2D eigenvalue weighted by molar-refractivity contribution is 0.0597. The van der Waals surface area contributed by atoms with Crippen LogP contribution >= 0.6 is 12.2 Å². The second kappa shape index (κ2) is 4.61. The second-order valence-electron chi connectivity index (χ2n) is 2.68. The number of phenols is 1. The van der Waals surface area contributed by atoms with Crippen LogP contribution in [0.4, 0.5) is 5.69 Å². The molecule has 1 aromatic rings. The van der Waals surface area contributed by atoms with E-state index in [9.17, 15) is 9.90 Å². The molecule has 6 heteroatoms. The van der Waals surface area contributed by atoms with Crippen molar-refractivity contribution in [3.8, 4) is 5.75 Å². The van der Waals surface area contributed by atoms with Crippen LogP contribution in [-0.2, 0) is 4.74 Å². The molecule has 0 spiro atoms. The van der Waals surface area contributed by atoms with Crippen LogP contribution in [0.3, 0.4) is 0 Å². The predicted octanol–water partition coefficient (Wildman–Crippen LogP) is 0.834. The van der Waals surface area contributed by atoms with Crippen LogP contribution in [0.5, 0.6) is 5.75 Å². The van der Waals surface area contributed by atoms with Crippen LogP contribution in [0.25, 0.3) is 0 Å². The molecule has 1 rings (SSSR count). The monoisotopic (exact) mass is 226 g/mol. The molecule has 0 aliphatic rings.